The van der Waals surface area contributed by atoms with Crippen LogP contribution in [0.15, 0.2) is 35.4 Å². The second kappa shape index (κ2) is 6.99. The van der Waals surface area contributed by atoms with Crippen molar-refractivity contribution < 1.29 is 9.18 Å². The van der Waals surface area contributed by atoms with Gasteiger partial charge in [0, 0.05) is 23.5 Å². The number of fused-ring (bicyclic) bond motifs is 3. The zero-order valence-corrected chi connectivity index (χ0v) is 14.9. The summed E-state index contributed by atoms with van der Waals surface area (Å²) in [5.74, 6) is -0.675. The Balaban J connectivity index is 1.51. The summed E-state index contributed by atoms with van der Waals surface area (Å²) in [6.07, 6.45) is 5.84. The van der Waals surface area contributed by atoms with Gasteiger partial charge in [-0.2, -0.15) is 0 Å². The number of rotatable bonds is 4. The van der Waals surface area contributed by atoms with Crippen molar-refractivity contribution in [2.75, 3.05) is 5.32 Å². The molecule has 0 saturated heterocycles. The van der Waals surface area contributed by atoms with Gasteiger partial charge in [-0.1, -0.05) is 6.07 Å². The Kier molecular flexibility index (Phi) is 4.55. The maximum absolute atomic E-state index is 13.2. The molecule has 1 aliphatic rings. The predicted octanol–water partition coefficient (Wildman–Crippen LogP) is 3.50. The number of amides is 1. The van der Waals surface area contributed by atoms with Crippen molar-refractivity contribution in [1.29, 1.82) is 0 Å². The largest absolute Gasteiger partial charge is 0.326 e. The number of halogens is 1. The molecule has 0 unspecified atom stereocenters. The molecule has 0 fully saturated rings. The van der Waals surface area contributed by atoms with E-state index in [-0.39, 0.29) is 24.4 Å². The molecule has 134 valence electrons. The van der Waals surface area contributed by atoms with Gasteiger partial charge in [0.1, 0.15) is 10.6 Å². The summed E-state index contributed by atoms with van der Waals surface area (Å²) in [7, 11) is 0. The highest BCUT2D eigenvalue weighted by Gasteiger charge is 2.20. The number of nitrogens with one attached hydrogen (secondary N) is 1. The van der Waals surface area contributed by atoms with Crippen LogP contribution in [0.25, 0.3) is 10.2 Å². The highest BCUT2D eigenvalue weighted by molar-refractivity contribution is 7.18. The van der Waals surface area contributed by atoms with Gasteiger partial charge in [-0.25, -0.2) is 9.37 Å². The summed E-state index contributed by atoms with van der Waals surface area (Å²) in [5.41, 5.74) is 1.48. The van der Waals surface area contributed by atoms with Crippen molar-refractivity contribution in [2.24, 2.45) is 0 Å². The van der Waals surface area contributed by atoms with E-state index in [9.17, 15) is 14.0 Å². The van der Waals surface area contributed by atoms with E-state index in [1.54, 1.807) is 17.4 Å². The lowest BCUT2D eigenvalue weighted by atomic mass is 9.97. The number of hydrogen-bond acceptors (Lipinski definition) is 4. The summed E-state index contributed by atoms with van der Waals surface area (Å²) >= 11 is 1.61. The van der Waals surface area contributed by atoms with Crippen molar-refractivity contribution in [3.05, 3.63) is 57.2 Å². The smallest absolute Gasteiger partial charge is 0.262 e. The predicted molar refractivity (Wildman–Crippen MR) is 100 cm³/mol. The van der Waals surface area contributed by atoms with Crippen molar-refractivity contribution in [3.8, 4) is 0 Å². The molecule has 1 N–H and O–H groups in total. The fourth-order valence-electron chi connectivity index (χ4n) is 3.35. The quantitative estimate of drug-likeness (QED) is 0.763. The van der Waals surface area contributed by atoms with E-state index < -0.39 is 5.82 Å². The lowest BCUT2D eigenvalue weighted by molar-refractivity contribution is -0.116. The van der Waals surface area contributed by atoms with Crippen LogP contribution in [0, 0.1) is 5.82 Å². The summed E-state index contributed by atoms with van der Waals surface area (Å²) in [4.78, 5) is 31.4. The Morgan fingerprint density at radius 2 is 2.15 bits per heavy atom. The van der Waals surface area contributed by atoms with Crippen LogP contribution in [0.3, 0.4) is 0 Å². The fourth-order valence-corrected chi connectivity index (χ4v) is 4.57. The van der Waals surface area contributed by atoms with Crippen LogP contribution in [-0.4, -0.2) is 15.5 Å². The van der Waals surface area contributed by atoms with Crippen LogP contribution < -0.4 is 10.9 Å². The molecule has 2 heterocycles. The van der Waals surface area contributed by atoms with E-state index in [1.807, 2.05) is 0 Å². The van der Waals surface area contributed by atoms with Gasteiger partial charge in [0.05, 0.1) is 11.7 Å². The molecule has 4 rings (SSSR count). The van der Waals surface area contributed by atoms with Gasteiger partial charge in [0.15, 0.2) is 0 Å². The third-order valence-corrected chi connectivity index (χ3v) is 5.83. The standard InChI is InChI=1S/C19H18FN3O2S/c20-12-4-3-5-13(10-12)22-16(24)8-9-23-11-21-18-17(19(23)25)14-6-1-2-7-15(14)26-18/h3-5,10-11H,1-2,6-9H2,(H,22,24). The maximum Gasteiger partial charge on any atom is 0.262 e. The van der Waals surface area contributed by atoms with E-state index in [4.69, 9.17) is 0 Å². The Hall–Kier alpha value is -2.54. The van der Waals surface area contributed by atoms with Crippen molar-refractivity contribution in [3.63, 3.8) is 0 Å². The topological polar surface area (TPSA) is 64.0 Å². The lowest BCUT2D eigenvalue weighted by Crippen LogP contribution is -2.24. The first-order chi connectivity index (χ1) is 12.6. The molecule has 1 aliphatic carbocycles. The van der Waals surface area contributed by atoms with E-state index in [2.05, 4.69) is 10.3 Å². The molecule has 1 amide bonds. The SMILES string of the molecule is O=C(CCn1cnc2sc3c(c2c1=O)CCCC3)Nc1cccc(F)c1. The van der Waals surface area contributed by atoms with Crippen LogP contribution in [-0.2, 0) is 24.2 Å². The number of thiophene rings is 1. The van der Waals surface area contributed by atoms with Crippen LogP contribution in [0.2, 0.25) is 0 Å². The molecule has 7 heteroatoms. The fraction of sp³-hybridized carbons (Fsp3) is 0.316. The van der Waals surface area contributed by atoms with Crippen molar-refractivity contribution in [2.45, 2.75) is 38.6 Å². The van der Waals surface area contributed by atoms with Gasteiger partial charge in [0.25, 0.3) is 5.56 Å². The van der Waals surface area contributed by atoms with E-state index in [0.717, 1.165) is 41.5 Å². The van der Waals surface area contributed by atoms with E-state index in [0.29, 0.717) is 5.69 Å². The molecule has 5 nitrogen and oxygen atoms in total. The Bertz CT molecular complexity index is 1040. The Labute approximate surface area is 153 Å². The van der Waals surface area contributed by atoms with Gasteiger partial charge in [0.2, 0.25) is 5.91 Å². The molecule has 0 atom stereocenters. The zero-order valence-electron chi connectivity index (χ0n) is 14.1. The first-order valence-electron chi connectivity index (χ1n) is 8.67. The number of anilines is 1. The summed E-state index contributed by atoms with van der Waals surface area (Å²) < 4.78 is 14.7. The van der Waals surface area contributed by atoms with Crippen LogP contribution in [0.1, 0.15) is 29.7 Å². The third-order valence-electron chi connectivity index (χ3n) is 4.63. The highest BCUT2D eigenvalue weighted by Crippen LogP contribution is 2.33. The molecule has 26 heavy (non-hydrogen) atoms. The normalized spacial score (nSPS) is 13.6. The van der Waals surface area contributed by atoms with Crippen LogP contribution >= 0.6 is 11.3 Å². The lowest BCUT2D eigenvalue weighted by Gasteiger charge is -2.10. The first kappa shape index (κ1) is 16.9. The van der Waals surface area contributed by atoms with Crippen molar-refractivity contribution >= 4 is 33.1 Å². The van der Waals surface area contributed by atoms with Crippen LogP contribution in [0.4, 0.5) is 10.1 Å². The number of carbonyl (C=O) groups is 1. The molecule has 1 aromatic carbocycles. The van der Waals surface area contributed by atoms with Crippen LogP contribution in [0.5, 0.6) is 0 Å². The number of carbonyl (C=O) groups excluding carboxylic acids is 1. The van der Waals surface area contributed by atoms with Gasteiger partial charge >= 0.3 is 0 Å². The highest BCUT2D eigenvalue weighted by atomic mass is 32.1. The monoisotopic (exact) mass is 371 g/mol. The molecular formula is C19H18FN3O2S. The van der Waals surface area contributed by atoms with Gasteiger partial charge in [-0.15, -0.1) is 11.3 Å². The Morgan fingerprint density at radius 3 is 3.00 bits per heavy atom. The minimum absolute atomic E-state index is 0.0760. The molecule has 0 spiro atoms. The third kappa shape index (κ3) is 3.26. The molecule has 0 radical (unpaired) electrons. The minimum Gasteiger partial charge on any atom is -0.326 e. The number of hydrogen-bond donors (Lipinski definition) is 1. The Morgan fingerprint density at radius 1 is 1.31 bits per heavy atom. The number of nitrogens with zero attached hydrogens (tertiary/aromatic N) is 2. The second-order valence-electron chi connectivity index (χ2n) is 6.44. The van der Waals surface area contributed by atoms with Gasteiger partial charge in [-0.05, 0) is 49.4 Å². The molecule has 3 aromatic rings. The number of benzene rings is 1. The molecule has 0 saturated carbocycles. The number of aryl methyl sites for hydroxylation is 3. The van der Waals surface area contributed by atoms with Gasteiger partial charge < -0.3 is 5.32 Å². The molecule has 0 bridgehead atoms. The minimum atomic E-state index is -0.407. The molecule has 2 aromatic heterocycles. The maximum atomic E-state index is 13.2. The summed E-state index contributed by atoms with van der Waals surface area (Å²) in [5, 5.41) is 3.36. The molecule has 0 aliphatic heterocycles. The summed E-state index contributed by atoms with van der Waals surface area (Å²) in [6.45, 7) is 0.244. The average molecular weight is 371 g/mol. The zero-order chi connectivity index (χ0) is 18.1. The van der Waals surface area contributed by atoms with Gasteiger partial charge in [-0.3, -0.25) is 14.2 Å². The second-order valence-corrected chi connectivity index (χ2v) is 7.53. The summed E-state index contributed by atoms with van der Waals surface area (Å²) in [6, 6.07) is 5.73. The molecular weight excluding hydrogens is 353 g/mol. The van der Waals surface area contributed by atoms with Crippen molar-refractivity contribution in [1.82, 2.24) is 9.55 Å². The first-order valence-corrected chi connectivity index (χ1v) is 9.48. The number of aromatic nitrogens is 2. The average Bonchev–Trinajstić information content (AvgIpc) is 3.00. The van der Waals surface area contributed by atoms with E-state index >= 15 is 0 Å². The van der Waals surface area contributed by atoms with E-state index in [1.165, 1.54) is 34.0 Å².